The van der Waals surface area contributed by atoms with Crippen LogP contribution in [0.5, 0.6) is 0 Å². The molecule has 2 atom stereocenters. The van der Waals surface area contributed by atoms with Crippen LogP contribution in [-0.2, 0) is 16.1 Å². The van der Waals surface area contributed by atoms with Gasteiger partial charge in [0.15, 0.2) is 0 Å². The molecular formula is C26H33FN2O4. The lowest BCUT2D eigenvalue weighted by Crippen LogP contribution is -2.49. The van der Waals surface area contributed by atoms with E-state index in [9.17, 15) is 14.0 Å². The second-order valence-electron chi connectivity index (χ2n) is 9.52. The minimum absolute atomic E-state index is 0.132. The van der Waals surface area contributed by atoms with Crippen molar-refractivity contribution in [3.63, 3.8) is 0 Å². The number of halogens is 1. The number of hydrogen-bond acceptors (Lipinski definition) is 4. The first kappa shape index (κ1) is 24.6. The topological polar surface area (TPSA) is 59.1 Å². The molecular weight excluding hydrogens is 423 g/mol. The number of benzene rings is 2. The molecule has 0 aliphatic carbocycles. The van der Waals surface area contributed by atoms with Crippen LogP contribution in [0.4, 0.5) is 14.0 Å². The maximum atomic E-state index is 13.8. The number of rotatable bonds is 4. The van der Waals surface area contributed by atoms with Gasteiger partial charge in [-0.15, -0.1) is 0 Å². The first-order valence-corrected chi connectivity index (χ1v) is 11.2. The van der Waals surface area contributed by atoms with Crippen molar-refractivity contribution in [2.24, 2.45) is 0 Å². The second-order valence-corrected chi connectivity index (χ2v) is 9.52. The summed E-state index contributed by atoms with van der Waals surface area (Å²) in [5, 5.41) is 0. The van der Waals surface area contributed by atoms with Gasteiger partial charge >= 0.3 is 12.2 Å². The van der Waals surface area contributed by atoms with E-state index in [0.717, 1.165) is 16.7 Å². The Balaban J connectivity index is 1.80. The number of hydrogen-bond donors (Lipinski definition) is 0. The van der Waals surface area contributed by atoms with Crippen LogP contribution in [0.25, 0.3) is 0 Å². The molecule has 1 aliphatic heterocycles. The fourth-order valence-electron chi connectivity index (χ4n) is 4.11. The molecule has 0 radical (unpaired) electrons. The first-order chi connectivity index (χ1) is 15.5. The third-order valence-electron chi connectivity index (χ3n) is 5.83. The Bertz CT molecular complexity index is 974. The van der Waals surface area contributed by atoms with Crippen LogP contribution >= 0.6 is 0 Å². The van der Waals surface area contributed by atoms with Gasteiger partial charge < -0.3 is 19.3 Å². The van der Waals surface area contributed by atoms with Gasteiger partial charge in [0.05, 0.1) is 6.04 Å². The fraction of sp³-hybridized carbons (Fsp3) is 0.462. The second kappa shape index (κ2) is 10.2. The minimum Gasteiger partial charge on any atom is -0.445 e. The van der Waals surface area contributed by atoms with E-state index in [1.54, 1.807) is 22.9 Å². The van der Waals surface area contributed by atoms with Gasteiger partial charge in [-0.2, -0.15) is 0 Å². The summed E-state index contributed by atoms with van der Waals surface area (Å²) < 4.78 is 24.9. The normalized spacial score (nSPS) is 18.5. The monoisotopic (exact) mass is 456 g/mol. The van der Waals surface area contributed by atoms with Crippen molar-refractivity contribution in [2.75, 3.05) is 13.6 Å². The zero-order valence-corrected chi connectivity index (χ0v) is 20.0. The van der Waals surface area contributed by atoms with E-state index >= 15 is 0 Å². The Morgan fingerprint density at radius 3 is 2.48 bits per heavy atom. The van der Waals surface area contributed by atoms with Crippen LogP contribution in [0.3, 0.4) is 0 Å². The molecule has 7 heteroatoms. The summed E-state index contributed by atoms with van der Waals surface area (Å²) in [5.74, 6) is -0.326. The van der Waals surface area contributed by atoms with E-state index in [4.69, 9.17) is 9.47 Å². The van der Waals surface area contributed by atoms with Gasteiger partial charge in [0.25, 0.3) is 0 Å². The third-order valence-corrected chi connectivity index (χ3v) is 5.83. The van der Waals surface area contributed by atoms with Crippen molar-refractivity contribution >= 4 is 12.2 Å². The van der Waals surface area contributed by atoms with Crippen molar-refractivity contribution in [3.05, 3.63) is 71.0 Å². The molecule has 1 saturated heterocycles. The van der Waals surface area contributed by atoms with E-state index in [-0.39, 0.29) is 24.5 Å². The zero-order valence-electron chi connectivity index (χ0n) is 20.0. The summed E-state index contributed by atoms with van der Waals surface area (Å²) >= 11 is 0. The van der Waals surface area contributed by atoms with Gasteiger partial charge in [-0.3, -0.25) is 0 Å². The SMILES string of the molecule is Cc1cc(F)ccc1[C@H]1C[C@H](N(C)C(=O)OC(C)(C)C)CCN1C(=O)OCc1ccccc1. The Morgan fingerprint density at radius 2 is 1.85 bits per heavy atom. The van der Waals surface area contributed by atoms with Crippen LogP contribution in [0.15, 0.2) is 48.5 Å². The number of nitrogens with zero attached hydrogens (tertiary/aromatic N) is 2. The fourth-order valence-corrected chi connectivity index (χ4v) is 4.11. The van der Waals surface area contributed by atoms with Crippen molar-refractivity contribution < 1.29 is 23.5 Å². The highest BCUT2D eigenvalue weighted by atomic mass is 19.1. The van der Waals surface area contributed by atoms with Crippen LogP contribution in [0.2, 0.25) is 0 Å². The summed E-state index contributed by atoms with van der Waals surface area (Å²) in [4.78, 5) is 29.0. The number of carbonyl (C=O) groups is 2. The van der Waals surface area contributed by atoms with Crippen molar-refractivity contribution in [1.82, 2.24) is 9.80 Å². The van der Waals surface area contributed by atoms with E-state index in [1.165, 1.54) is 12.1 Å². The van der Waals surface area contributed by atoms with Crippen molar-refractivity contribution in [1.29, 1.82) is 0 Å². The quantitative estimate of drug-likeness (QED) is 0.580. The van der Waals surface area contributed by atoms with E-state index in [0.29, 0.717) is 19.4 Å². The molecule has 0 aromatic heterocycles. The molecule has 2 aromatic rings. The molecule has 0 bridgehead atoms. The van der Waals surface area contributed by atoms with Gasteiger partial charge in [-0.05, 0) is 69.4 Å². The van der Waals surface area contributed by atoms with Crippen LogP contribution in [0, 0.1) is 12.7 Å². The molecule has 1 aliphatic rings. The average Bonchev–Trinajstić information content (AvgIpc) is 2.76. The van der Waals surface area contributed by atoms with Crippen molar-refractivity contribution in [2.45, 2.75) is 64.8 Å². The predicted octanol–water partition coefficient (Wildman–Crippen LogP) is 5.84. The highest BCUT2D eigenvalue weighted by Gasteiger charge is 2.38. The summed E-state index contributed by atoms with van der Waals surface area (Å²) in [7, 11) is 1.72. The summed E-state index contributed by atoms with van der Waals surface area (Å²) in [6.45, 7) is 7.89. The standard InChI is InChI=1S/C26H33FN2O4/c1-18-15-20(27)11-12-22(18)23-16-21(28(5)24(30)33-26(2,3)4)13-14-29(23)25(31)32-17-19-9-7-6-8-10-19/h6-12,15,21,23H,13-14,16-17H2,1-5H3/t21-,23-/m1/s1. The van der Waals surface area contributed by atoms with Crippen molar-refractivity contribution in [3.8, 4) is 0 Å². The molecule has 0 unspecified atom stereocenters. The predicted molar refractivity (Wildman–Crippen MR) is 124 cm³/mol. The molecule has 6 nitrogen and oxygen atoms in total. The zero-order chi connectivity index (χ0) is 24.2. The molecule has 2 amide bonds. The largest absolute Gasteiger partial charge is 0.445 e. The lowest BCUT2D eigenvalue weighted by molar-refractivity contribution is 0.00741. The van der Waals surface area contributed by atoms with Crippen LogP contribution < -0.4 is 0 Å². The summed E-state index contributed by atoms with van der Waals surface area (Å²) in [6, 6.07) is 13.6. The molecule has 3 rings (SSSR count). The van der Waals surface area contributed by atoms with Crippen LogP contribution in [0.1, 0.15) is 56.3 Å². The van der Waals surface area contributed by atoms with Gasteiger partial charge in [0.1, 0.15) is 18.0 Å². The lowest BCUT2D eigenvalue weighted by atomic mass is 9.89. The molecule has 1 heterocycles. The number of carbonyl (C=O) groups excluding carboxylic acids is 2. The number of amides is 2. The summed E-state index contributed by atoms with van der Waals surface area (Å²) in [5.41, 5.74) is 1.90. The molecule has 2 aromatic carbocycles. The Morgan fingerprint density at radius 1 is 1.15 bits per heavy atom. The van der Waals surface area contributed by atoms with Gasteiger partial charge in [0, 0.05) is 19.6 Å². The molecule has 0 N–H and O–H groups in total. The molecule has 1 fully saturated rings. The van der Waals surface area contributed by atoms with E-state index in [1.807, 2.05) is 58.0 Å². The minimum atomic E-state index is -0.597. The first-order valence-electron chi connectivity index (χ1n) is 11.2. The molecule has 0 spiro atoms. The van der Waals surface area contributed by atoms with Gasteiger partial charge in [-0.1, -0.05) is 36.4 Å². The Hall–Kier alpha value is -3.09. The van der Waals surface area contributed by atoms with Gasteiger partial charge in [-0.25, -0.2) is 14.0 Å². The molecule has 33 heavy (non-hydrogen) atoms. The maximum Gasteiger partial charge on any atom is 0.410 e. The number of ether oxygens (including phenoxy) is 2. The third kappa shape index (κ3) is 6.46. The highest BCUT2D eigenvalue weighted by Crippen LogP contribution is 2.35. The summed E-state index contributed by atoms with van der Waals surface area (Å²) in [6.07, 6.45) is 0.267. The molecule has 178 valence electrons. The van der Waals surface area contributed by atoms with E-state index in [2.05, 4.69) is 0 Å². The number of aryl methyl sites for hydroxylation is 1. The Kier molecular flexibility index (Phi) is 7.61. The van der Waals surface area contributed by atoms with Gasteiger partial charge in [0.2, 0.25) is 0 Å². The Labute approximate surface area is 195 Å². The average molecular weight is 457 g/mol. The lowest BCUT2D eigenvalue weighted by Gasteiger charge is -2.42. The maximum absolute atomic E-state index is 13.8. The van der Waals surface area contributed by atoms with E-state index < -0.39 is 17.8 Å². The number of likely N-dealkylation sites (tertiary alicyclic amines) is 1. The molecule has 0 saturated carbocycles. The number of piperidine rings is 1. The van der Waals surface area contributed by atoms with Crippen LogP contribution in [-0.4, -0.2) is 47.2 Å². The highest BCUT2D eigenvalue weighted by molar-refractivity contribution is 5.70. The smallest absolute Gasteiger partial charge is 0.410 e.